The van der Waals surface area contributed by atoms with Crippen LogP contribution in [0.25, 0.3) is 0 Å². The Morgan fingerprint density at radius 2 is 1.85 bits per heavy atom. The van der Waals surface area contributed by atoms with Crippen molar-refractivity contribution in [2.24, 2.45) is 17.8 Å². The smallest absolute Gasteiger partial charge is 0.0107 e. The molecule has 2 heteroatoms. The lowest BCUT2D eigenvalue weighted by Gasteiger charge is -2.44. The van der Waals surface area contributed by atoms with Crippen LogP contribution in [-0.2, 0) is 0 Å². The minimum absolute atomic E-state index is 0.778. The van der Waals surface area contributed by atoms with Crippen LogP contribution < -0.4 is 5.32 Å². The quantitative estimate of drug-likeness (QED) is 0.821. The molecule has 5 unspecified atom stereocenters. The first kappa shape index (κ1) is 16.3. The van der Waals surface area contributed by atoms with Gasteiger partial charge in [0.2, 0.25) is 0 Å². The highest BCUT2D eigenvalue weighted by atomic mass is 15.2. The molecule has 118 valence electrons. The van der Waals surface area contributed by atoms with Crippen molar-refractivity contribution in [2.45, 2.75) is 78.3 Å². The molecule has 0 aromatic rings. The highest BCUT2D eigenvalue weighted by Gasteiger charge is 2.33. The lowest BCUT2D eigenvalue weighted by Crippen LogP contribution is -2.51. The summed E-state index contributed by atoms with van der Waals surface area (Å²) in [7, 11) is 0. The molecule has 2 nitrogen and oxygen atoms in total. The van der Waals surface area contributed by atoms with Crippen LogP contribution in [0.2, 0.25) is 0 Å². The molecular weight excluding hydrogens is 244 g/mol. The van der Waals surface area contributed by atoms with Gasteiger partial charge in [-0.2, -0.15) is 0 Å². The van der Waals surface area contributed by atoms with Crippen molar-refractivity contribution in [1.82, 2.24) is 10.2 Å². The first-order valence-corrected chi connectivity index (χ1v) is 9.09. The first-order chi connectivity index (χ1) is 9.61. The Hall–Kier alpha value is -0.0800. The average Bonchev–Trinajstić information content (AvgIpc) is 2.43. The first-order valence-electron chi connectivity index (χ1n) is 9.09. The number of likely N-dealkylation sites (tertiary alicyclic amines) is 1. The predicted octanol–water partition coefficient (Wildman–Crippen LogP) is 3.91. The van der Waals surface area contributed by atoms with Crippen LogP contribution in [0.5, 0.6) is 0 Å². The van der Waals surface area contributed by atoms with Gasteiger partial charge in [-0.3, -0.25) is 4.90 Å². The Kier molecular flexibility index (Phi) is 6.35. The van der Waals surface area contributed by atoms with Crippen molar-refractivity contribution in [3.05, 3.63) is 0 Å². The largest absolute Gasteiger partial charge is 0.314 e. The van der Waals surface area contributed by atoms with Crippen molar-refractivity contribution < 1.29 is 0 Å². The van der Waals surface area contributed by atoms with Gasteiger partial charge in [0.05, 0.1) is 0 Å². The summed E-state index contributed by atoms with van der Waals surface area (Å²) in [6.45, 7) is 13.5. The molecular formula is C18H36N2. The molecule has 0 amide bonds. The van der Waals surface area contributed by atoms with E-state index in [1.807, 2.05) is 0 Å². The summed E-state index contributed by atoms with van der Waals surface area (Å²) < 4.78 is 0. The van der Waals surface area contributed by atoms with Gasteiger partial charge in [-0.05, 0) is 56.9 Å². The van der Waals surface area contributed by atoms with Crippen LogP contribution in [0.1, 0.15) is 66.2 Å². The van der Waals surface area contributed by atoms with E-state index in [-0.39, 0.29) is 0 Å². The molecule has 0 bridgehead atoms. The molecule has 2 aliphatic rings. The molecule has 5 atom stereocenters. The maximum atomic E-state index is 3.82. The van der Waals surface area contributed by atoms with Gasteiger partial charge in [-0.1, -0.05) is 33.6 Å². The second-order valence-corrected chi connectivity index (χ2v) is 7.62. The zero-order valence-corrected chi connectivity index (χ0v) is 14.2. The van der Waals surface area contributed by atoms with Gasteiger partial charge in [-0.25, -0.2) is 0 Å². The molecule has 0 aromatic carbocycles. The topological polar surface area (TPSA) is 15.3 Å². The summed E-state index contributed by atoms with van der Waals surface area (Å²) in [5.74, 6) is 2.63. The zero-order chi connectivity index (χ0) is 14.5. The lowest BCUT2D eigenvalue weighted by atomic mass is 9.81. The van der Waals surface area contributed by atoms with Crippen molar-refractivity contribution >= 4 is 0 Å². The molecule has 20 heavy (non-hydrogen) atoms. The molecule has 2 rings (SSSR count). The predicted molar refractivity (Wildman–Crippen MR) is 88.0 cm³/mol. The van der Waals surface area contributed by atoms with Gasteiger partial charge >= 0.3 is 0 Å². The van der Waals surface area contributed by atoms with Gasteiger partial charge in [0.15, 0.2) is 0 Å². The van der Waals surface area contributed by atoms with Gasteiger partial charge in [0.25, 0.3) is 0 Å². The van der Waals surface area contributed by atoms with E-state index in [0.29, 0.717) is 0 Å². The lowest BCUT2D eigenvalue weighted by molar-refractivity contribution is 0.0509. The van der Waals surface area contributed by atoms with Crippen LogP contribution in [0.4, 0.5) is 0 Å². The average molecular weight is 280 g/mol. The minimum atomic E-state index is 0.778. The maximum Gasteiger partial charge on any atom is 0.0107 e. The zero-order valence-electron chi connectivity index (χ0n) is 14.2. The molecule has 2 fully saturated rings. The van der Waals surface area contributed by atoms with E-state index in [1.54, 1.807) is 0 Å². The fourth-order valence-corrected chi connectivity index (χ4v) is 4.40. The third kappa shape index (κ3) is 4.21. The van der Waals surface area contributed by atoms with Crippen molar-refractivity contribution in [3.63, 3.8) is 0 Å². The van der Waals surface area contributed by atoms with Crippen molar-refractivity contribution in [2.75, 3.05) is 19.6 Å². The van der Waals surface area contributed by atoms with Gasteiger partial charge in [0, 0.05) is 25.2 Å². The highest BCUT2D eigenvalue weighted by Crippen LogP contribution is 2.31. The number of nitrogens with zero attached hydrogens (tertiary/aromatic N) is 1. The summed E-state index contributed by atoms with van der Waals surface area (Å²) in [6.07, 6.45) is 8.39. The molecule has 0 aromatic heterocycles. The number of rotatable bonds is 5. The molecule has 1 heterocycles. The van der Waals surface area contributed by atoms with E-state index in [0.717, 1.165) is 29.8 Å². The van der Waals surface area contributed by atoms with E-state index in [2.05, 4.69) is 37.9 Å². The Bertz CT molecular complexity index is 279. The normalized spacial score (nSPS) is 39.9. The van der Waals surface area contributed by atoms with E-state index in [1.165, 1.54) is 58.2 Å². The number of hydrogen-bond acceptors (Lipinski definition) is 2. The minimum Gasteiger partial charge on any atom is -0.314 e. The Morgan fingerprint density at radius 1 is 1.10 bits per heavy atom. The molecule has 0 spiro atoms. The SMILES string of the molecule is CCCNC1CCCCC1CN1CC(C)CC(C)C1C. The summed E-state index contributed by atoms with van der Waals surface area (Å²) in [6, 6.07) is 1.56. The third-order valence-electron chi connectivity index (χ3n) is 5.75. The highest BCUT2D eigenvalue weighted by molar-refractivity contribution is 4.88. The molecule has 1 aliphatic heterocycles. The van der Waals surface area contributed by atoms with Crippen LogP contribution in [0, 0.1) is 17.8 Å². The summed E-state index contributed by atoms with van der Waals surface area (Å²) in [5, 5.41) is 3.82. The second-order valence-electron chi connectivity index (χ2n) is 7.62. The second kappa shape index (κ2) is 7.79. The Labute approximate surface area is 126 Å². The Morgan fingerprint density at radius 3 is 2.60 bits per heavy atom. The van der Waals surface area contributed by atoms with E-state index in [9.17, 15) is 0 Å². The van der Waals surface area contributed by atoms with Crippen LogP contribution in [-0.4, -0.2) is 36.6 Å². The van der Waals surface area contributed by atoms with E-state index < -0.39 is 0 Å². The Balaban J connectivity index is 1.91. The molecule has 0 radical (unpaired) electrons. The molecule has 1 aliphatic carbocycles. The van der Waals surface area contributed by atoms with Crippen molar-refractivity contribution in [3.8, 4) is 0 Å². The van der Waals surface area contributed by atoms with Gasteiger partial charge in [-0.15, -0.1) is 0 Å². The van der Waals surface area contributed by atoms with Crippen LogP contribution >= 0.6 is 0 Å². The fourth-order valence-electron chi connectivity index (χ4n) is 4.40. The number of hydrogen-bond donors (Lipinski definition) is 1. The van der Waals surface area contributed by atoms with Gasteiger partial charge in [0.1, 0.15) is 0 Å². The molecule has 1 N–H and O–H groups in total. The number of piperidine rings is 1. The fraction of sp³-hybridized carbons (Fsp3) is 1.00. The molecule has 1 saturated carbocycles. The monoisotopic (exact) mass is 280 g/mol. The summed E-state index contributed by atoms with van der Waals surface area (Å²) in [4.78, 5) is 2.80. The van der Waals surface area contributed by atoms with Crippen molar-refractivity contribution in [1.29, 1.82) is 0 Å². The molecule has 1 saturated heterocycles. The number of nitrogens with one attached hydrogen (secondary N) is 1. The van der Waals surface area contributed by atoms with E-state index in [4.69, 9.17) is 0 Å². The van der Waals surface area contributed by atoms with E-state index >= 15 is 0 Å². The standard InChI is InChI=1S/C18H36N2/c1-5-10-19-18-9-7-6-8-17(18)13-20-12-14(2)11-15(3)16(20)4/h14-19H,5-13H2,1-4H3. The third-order valence-corrected chi connectivity index (χ3v) is 5.75. The maximum absolute atomic E-state index is 3.82. The van der Waals surface area contributed by atoms with Crippen LogP contribution in [0.15, 0.2) is 0 Å². The summed E-state index contributed by atoms with van der Waals surface area (Å²) in [5.41, 5.74) is 0. The summed E-state index contributed by atoms with van der Waals surface area (Å²) >= 11 is 0. The van der Waals surface area contributed by atoms with Gasteiger partial charge < -0.3 is 5.32 Å². The van der Waals surface area contributed by atoms with Crippen LogP contribution in [0.3, 0.4) is 0 Å².